The third-order valence-corrected chi connectivity index (χ3v) is 6.68. The Balaban J connectivity index is 1.52. The molecule has 0 unspecified atom stereocenters. The van der Waals surface area contributed by atoms with Crippen molar-refractivity contribution in [2.45, 2.75) is 0 Å². The number of anilines is 3. The highest BCUT2D eigenvalue weighted by atomic mass is 32.1. The average Bonchev–Trinajstić information content (AvgIpc) is 3.39. The van der Waals surface area contributed by atoms with Crippen LogP contribution in [0.15, 0.2) is 91.3 Å². The third-order valence-electron chi connectivity index (χ3n) is 5.60. The molecule has 0 bridgehead atoms. The summed E-state index contributed by atoms with van der Waals surface area (Å²) < 4.78 is 16.3. The molecule has 0 fully saturated rings. The Hall–Kier alpha value is -4.43. The van der Waals surface area contributed by atoms with E-state index in [4.69, 9.17) is 14.2 Å². The molecule has 0 spiro atoms. The molecular formula is C28H24N4O3S. The topological polar surface area (TPSA) is 69.6 Å². The number of aromatic nitrogens is 3. The first-order chi connectivity index (χ1) is 17.7. The number of rotatable bonds is 8. The van der Waals surface area contributed by atoms with Gasteiger partial charge >= 0.3 is 0 Å². The molecule has 0 atom stereocenters. The average molecular weight is 497 g/mol. The number of hydrogen-bond donors (Lipinski definition) is 0. The summed E-state index contributed by atoms with van der Waals surface area (Å²) in [5, 5.41) is 0.713. The van der Waals surface area contributed by atoms with Crippen LogP contribution >= 0.6 is 11.3 Å². The largest absolute Gasteiger partial charge is 0.497 e. The van der Waals surface area contributed by atoms with E-state index in [9.17, 15) is 0 Å². The maximum Gasteiger partial charge on any atom is 0.233 e. The van der Waals surface area contributed by atoms with Crippen molar-refractivity contribution < 1.29 is 14.2 Å². The van der Waals surface area contributed by atoms with E-state index in [0.717, 1.165) is 39.0 Å². The molecule has 3 aromatic carbocycles. The minimum atomic E-state index is 0.553. The zero-order valence-electron chi connectivity index (χ0n) is 20.1. The second-order valence-electron chi connectivity index (χ2n) is 7.71. The molecule has 0 amide bonds. The highest BCUT2D eigenvalue weighted by molar-refractivity contribution is 7.18. The van der Waals surface area contributed by atoms with Gasteiger partial charge in [0.25, 0.3) is 0 Å². The molecule has 0 aliphatic heterocycles. The summed E-state index contributed by atoms with van der Waals surface area (Å²) >= 11 is 1.50. The van der Waals surface area contributed by atoms with Crippen molar-refractivity contribution >= 4 is 28.4 Å². The van der Waals surface area contributed by atoms with Gasteiger partial charge < -0.3 is 19.1 Å². The first-order valence-corrected chi connectivity index (χ1v) is 12.0. The van der Waals surface area contributed by atoms with Gasteiger partial charge in [0.15, 0.2) is 10.8 Å². The van der Waals surface area contributed by atoms with Gasteiger partial charge in [0.05, 0.1) is 26.2 Å². The van der Waals surface area contributed by atoms with Gasteiger partial charge in [-0.05, 0) is 72.3 Å². The number of nitrogens with zero attached hydrogens (tertiary/aromatic N) is 4. The van der Waals surface area contributed by atoms with Crippen LogP contribution in [0.5, 0.6) is 17.4 Å². The third kappa shape index (κ3) is 4.71. The van der Waals surface area contributed by atoms with E-state index in [-0.39, 0.29) is 0 Å². The number of thiazole rings is 1. The molecule has 5 aromatic rings. The van der Waals surface area contributed by atoms with Crippen LogP contribution in [0, 0.1) is 0 Å². The summed E-state index contributed by atoms with van der Waals surface area (Å²) in [7, 11) is 4.95. The Bertz CT molecular complexity index is 1370. The molecule has 36 heavy (non-hydrogen) atoms. The second-order valence-corrected chi connectivity index (χ2v) is 8.71. The Morgan fingerprint density at radius 2 is 1.14 bits per heavy atom. The first-order valence-electron chi connectivity index (χ1n) is 11.2. The fourth-order valence-corrected chi connectivity index (χ4v) is 4.79. The fraction of sp³-hybridized carbons (Fsp3) is 0.107. The van der Waals surface area contributed by atoms with E-state index in [1.54, 1.807) is 39.8 Å². The monoisotopic (exact) mass is 496 g/mol. The zero-order chi connectivity index (χ0) is 24.9. The maximum absolute atomic E-state index is 5.57. The summed E-state index contributed by atoms with van der Waals surface area (Å²) in [5.74, 6) is 2.74. The number of hydrogen-bond acceptors (Lipinski definition) is 8. The Kier molecular flexibility index (Phi) is 6.77. The van der Waals surface area contributed by atoms with Gasteiger partial charge in [-0.3, -0.25) is 0 Å². The summed E-state index contributed by atoms with van der Waals surface area (Å²) in [4.78, 5) is 16.3. The molecule has 5 rings (SSSR count). The number of benzene rings is 3. The molecule has 2 heterocycles. The molecule has 0 N–H and O–H groups in total. The van der Waals surface area contributed by atoms with Crippen molar-refractivity contribution in [3.8, 4) is 38.7 Å². The molecule has 7 nitrogen and oxygen atoms in total. The van der Waals surface area contributed by atoms with Crippen LogP contribution in [0.2, 0.25) is 0 Å². The molecule has 180 valence electrons. The second kappa shape index (κ2) is 10.5. The number of methoxy groups -OCH3 is 3. The predicted molar refractivity (Wildman–Crippen MR) is 143 cm³/mol. The van der Waals surface area contributed by atoms with Crippen LogP contribution in [-0.4, -0.2) is 36.3 Å². The van der Waals surface area contributed by atoms with Crippen molar-refractivity contribution in [2.75, 3.05) is 26.2 Å². The molecule has 0 aliphatic rings. The van der Waals surface area contributed by atoms with Gasteiger partial charge in [0.1, 0.15) is 11.5 Å². The van der Waals surface area contributed by atoms with E-state index < -0.39 is 0 Å². The van der Waals surface area contributed by atoms with Crippen LogP contribution in [0.4, 0.5) is 17.1 Å². The highest BCUT2D eigenvalue weighted by Gasteiger charge is 2.18. The normalized spacial score (nSPS) is 10.6. The van der Waals surface area contributed by atoms with E-state index in [0.29, 0.717) is 16.7 Å². The van der Waals surface area contributed by atoms with Crippen molar-refractivity contribution in [1.29, 1.82) is 0 Å². The van der Waals surface area contributed by atoms with Gasteiger partial charge in [0, 0.05) is 29.5 Å². The maximum atomic E-state index is 5.57. The highest BCUT2D eigenvalue weighted by Crippen LogP contribution is 2.41. The van der Waals surface area contributed by atoms with Gasteiger partial charge in [-0.2, -0.15) is 4.98 Å². The van der Waals surface area contributed by atoms with Crippen molar-refractivity contribution in [1.82, 2.24) is 15.0 Å². The van der Waals surface area contributed by atoms with Crippen LogP contribution in [0.3, 0.4) is 0 Å². The smallest absolute Gasteiger partial charge is 0.233 e. The SMILES string of the molecule is COc1ccc(N(c2ccc(OC)cc2)c2ccc(-c3sc(-c4ncccn4)nc3OC)cc2)cc1. The predicted octanol–water partition coefficient (Wildman–Crippen LogP) is 6.76. The molecule has 0 aliphatic carbocycles. The Morgan fingerprint density at radius 3 is 1.61 bits per heavy atom. The Morgan fingerprint density at radius 1 is 0.639 bits per heavy atom. The lowest BCUT2D eigenvalue weighted by Gasteiger charge is -2.26. The fourth-order valence-electron chi connectivity index (χ4n) is 3.80. The Labute approximate surface area is 213 Å². The molecule has 0 saturated heterocycles. The number of ether oxygens (including phenoxy) is 3. The quantitative estimate of drug-likeness (QED) is 0.235. The van der Waals surface area contributed by atoms with Crippen molar-refractivity contribution in [3.05, 3.63) is 91.3 Å². The van der Waals surface area contributed by atoms with Crippen LogP contribution in [0.25, 0.3) is 21.3 Å². The molecular weight excluding hydrogens is 472 g/mol. The molecule has 0 radical (unpaired) electrons. The van der Waals surface area contributed by atoms with E-state index >= 15 is 0 Å². The summed E-state index contributed by atoms with van der Waals surface area (Å²) in [5.41, 5.74) is 4.02. The first kappa shape index (κ1) is 23.3. The van der Waals surface area contributed by atoms with Gasteiger partial charge in [-0.25, -0.2) is 9.97 Å². The minimum Gasteiger partial charge on any atom is -0.497 e. The molecule has 8 heteroatoms. The lowest BCUT2D eigenvalue weighted by atomic mass is 10.1. The standard InChI is InChI=1S/C28H24N4O3S/c1-33-23-13-9-21(10-14-23)32(22-11-15-24(34-2)16-12-22)20-7-5-19(6-8-20)25-27(35-3)31-28(36-25)26-29-17-4-18-30-26/h4-18H,1-3H3. The van der Waals surface area contributed by atoms with E-state index in [2.05, 4.69) is 44.1 Å². The van der Waals surface area contributed by atoms with Crippen molar-refractivity contribution in [3.63, 3.8) is 0 Å². The summed E-state index contributed by atoms with van der Waals surface area (Å²) in [6.07, 6.45) is 3.41. The lowest BCUT2D eigenvalue weighted by molar-refractivity contribution is 0.402. The van der Waals surface area contributed by atoms with Crippen LogP contribution in [0.1, 0.15) is 0 Å². The molecule has 0 saturated carbocycles. The molecule has 2 aromatic heterocycles. The lowest BCUT2D eigenvalue weighted by Crippen LogP contribution is -2.09. The summed E-state index contributed by atoms with van der Waals surface area (Å²) in [6.45, 7) is 0. The van der Waals surface area contributed by atoms with E-state index in [1.807, 2.05) is 48.5 Å². The van der Waals surface area contributed by atoms with Crippen LogP contribution in [-0.2, 0) is 0 Å². The summed E-state index contributed by atoms with van der Waals surface area (Å²) in [6, 6.07) is 26.1. The van der Waals surface area contributed by atoms with Gasteiger partial charge in [-0.15, -0.1) is 11.3 Å². The van der Waals surface area contributed by atoms with Gasteiger partial charge in [0.2, 0.25) is 5.88 Å². The minimum absolute atomic E-state index is 0.553. The van der Waals surface area contributed by atoms with Gasteiger partial charge in [-0.1, -0.05) is 12.1 Å². The van der Waals surface area contributed by atoms with Crippen molar-refractivity contribution in [2.24, 2.45) is 0 Å². The zero-order valence-corrected chi connectivity index (χ0v) is 20.9. The van der Waals surface area contributed by atoms with Crippen LogP contribution < -0.4 is 19.1 Å². The van der Waals surface area contributed by atoms with E-state index in [1.165, 1.54) is 11.3 Å².